The molecule has 4 heteroatoms. The highest BCUT2D eigenvalue weighted by molar-refractivity contribution is 9.10. The number of nitrogens with zero attached hydrogens (tertiary/aromatic N) is 3. The summed E-state index contributed by atoms with van der Waals surface area (Å²) in [5.41, 5.74) is 4.87. The van der Waals surface area contributed by atoms with E-state index >= 15 is 0 Å². The minimum atomic E-state index is 0.343. The van der Waals surface area contributed by atoms with E-state index in [4.69, 9.17) is 5.26 Å². The van der Waals surface area contributed by atoms with Crippen LogP contribution >= 0.6 is 15.9 Å². The molecule has 0 fully saturated rings. The van der Waals surface area contributed by atoms with Gasteiger partial charge < -0.3 is 4.40 Å². The van der Waals surface area contributed by atoms with Crippen LogP contribution in [0.15, 0.2) is 47.1 Å². The molecule has 0 N–H and O–H groups in total. The zero-order chi connectivity index (χ0) is 14.1. The molecule has 0 saturated heterocycles. The van der Waals surface area contributed by atoms with Gasteiger partial charge in [-0.05, 0) is 30.7 Å². The van der Waals surface area contributed by atoms with Crippen LogP contribution in [0, 0.1) is 18.3 Å². The van der Waals surface area contributed by atoms with Crippen LogP contribution in [-0.4, -0.2) is 9.38 Å². The number of hydrogen-bond donors (Lipinski definition) is 0. The van der Waals surface area contributed by atoms with Gasteiger partial charge in [-0.1, -0.05) is 34.1 Å². The molecule has 0 radical (unpaired) electrons. The Morgan fingerprint density at radius 3 is 2.65 bits per heavy atom. The van der Waals surface area contributed by atoms with Crippen molar-refractivity contribution in [1.82, 2.24) is 9.38 Å². The van der Waals surface area contributed by atoms with E-state index in [-0.39, 0.29) is 0 Å². The molecular formula is C16H12BrN3. The van der Waals surface area contributed by atoms with Crippen LogP contribution in [0.4, 0.5) is 0 Å². The van der Waals surface area contributed by atoms with Crippen LogP contribution in [-0.2, 0) is 6.42 Å². The van der Waals surface area contributed by atoms with Gasteiger partial charge in [-0.3, -0.25) is 0 Å². The summed E-state index contributed by atoms with van der Waals surface area (Å²) in [5.74, 6) is 0. The van der Waals surface area contributed by atoms with E-state index in [0.717, 1.165) is 32.6 Å². The predicted molar refractivity (Wildman–Crippen MR) is 82.4 cm³/mol. The molecule has 0 saturated carbocycles. The van der Waals surface area contributed by atoms with Gasteiger partial charge in [0.05, 0.1) is 23.9 Å². The largest absolute Gasteiger partial charge is 0.302 e. The zero-order valence-electron chi connectivity index (χ0n) is 11.0. The number of rotatable bonds is 2. The summed E-state index contributed by atoms with van der Waals surface area (Å²) >= 11 is 3.43. The number of nitriles is 1. The number of fused-ring (bicyclic) bond motifs is 1. The molecule has 0 unspecified atom stereocenters. The van der Waals surface area contributed by atoms with Gasteiger partial charge in [-0.15, -0.1) is 0 Å². The summed E-state index contributed by atoms with van der Waals surface area (Å²) in [7, 11) is 0. The van der Waals surface area contributed by atoms with Gasteiger partial charge in [-0.2, -0.15) is 5.26 Å². The second-order valence-electron chi connectivity index (χ2n) is 4.68. The predicted octanol–water partition coefficient (Wildman–Crippen LogP) is 4.14. The highest BCUT2D eigenvalue weighted by Crippen LogP contribution is 2.26. The van der Waals surface area contributed by atoms with E-state index in [1.54, 1.807) is 0 Å². The van der Waals surface area contributed by atoms with Crippen molar-refractivity contribution in [3.63, 3.8) is 0 Å². The summed E-state index contributed by atoms with van der Waals surface area (Å²) in [6, 6.07) is 14.3. The third kappa shape index (κ3) is 2.21. The van der Waals surface area contributed by atoms with E-state index < -0.39 is 0 Å². The van der Waals surface area contributed by atoms with E-state index in [2.05, 4.69) is 27.0 Å². The second-order valence-corrected chi connectivity index (χ2v) is 5.60. The third-order valence-electron chi connectivity index (χ3n) is 3.23. The lowest BCUT2D eigenvalue weighted by molar-refractivity contribution is 1.04. The Morgan fingerprint density at radius 2 is 1.95 bits per heavy atom. The van der Waals surface area contributed by atoms with E-state index in [0.29, 0.717) is 6.42 Å². The summed E-state index contributed by atoms with van der Waals surface area (Å²) < 4.78 is 3.04. The monoisotopic (exact) mass is 325 g/mol. The van der Waals surface area contributed by atoms with Crippen LogP contribution < -0.4 is 0 Å². The fourth-order valence-corrected chi connectivity index (χ4v) is 2.55. The van der Waals surface area contributed by atoms with Crippen molar-refractivity contribution >= 4 is 21.6 Å². The Hall–Kier alpha value is -2.12. The maximum atomic E-state index is 9.08. The first kappa shape index (κ1) is 12.9. The molecule has 1 aromatic carbocycles. The van der Waals surface area contributed by atoms with Crippen molar-refractivity contribution < 1.29 is 0 Å². The molecule has 0 atom stereocenters. The van der Waals surface area contributed by atoms with Gasteiger partial charge >= 0.3 is 0 Å². The van der Waals surface area contributed by atoms with Gasteiger partial charge in [0, 0.05) is 16.2 Å². The lowest BCUT2D eigenvalue weighted by Crippen LogP contribution is -1.94. The molecule has 0 aliphatic carbocycles. The standard InChI is InChI=1S/C16H12BrN3/c1-11-2-7-15-19-16(12-3-5-13(17)6-4-12)14(8-9-18)20(15)10-11/h2-7,10H,8H2,1H3. The van der Waals surface area contributed by atoms with Crippen molar-refractivity contribution in [3.8, 4) is 17.3 Å². The first-order valence-corrected chi connectivity index (χ1v) is 7.09. The van der Waals surface area contributed by atoms with Gasteiger partial charge in [0.1, 0.15) is 5.65 Å². The van der Waals surface area contributed by atoms with Crippen molar-refractivity contribution in [1.29, 1.82) is 5.26 Å². The maximum Gasteiger partial charge on any atom is 0.137 e. The number of aromatic nitrogens is 2. The molecule has 2 heterocycles. The van der Waals surface area contributed by atoms with E-state index in [1.165, 1.54) is 0 Å². The SMILES string of the molecule is Cc1ccc2nc(-c3ccc(Br)cc3)c(CC#N)n2c1. The van der Waals surface area contributed by atoms with Crippen molar-refractivity contribution in [2.24, 2.45) is 0 Å². The molecule has 3 rings (SSSR count). The molecule has 0 bridgehead atoms. The molecule has 3 nitrogen and oxygen atoms in total. The Morgan fingerprint density at radius 1 is 1.20 bits per heavy atom. The quantitative estimate of drug-likeness (QED) is 0.710. The minimum Gasteiger partial charge on any atom is -0.302 e. The van der Waals surface area contributed by atoms with Crippen LogP contribution in [0.25, 0.3) is 16.9 Å². The first-order valence-electron chi connectivity index (χ1n) is 6.29. The second kappa shape index (κ2) is 5.10. The van der Waals surface area contributed by atoms with Gasteiger partial charge in [0.15, 0.2) is 0 Å². The molecule has 2 aromatic heterocycles. The van der Waals surface area contributed by atoms with Crippen molar-refractivity contribution in [3.05, 3.63) is 58.3 Å². The Bertz CT molecular complexity index is 810. The Labute approximate surface area is 125 Å². The minimum absolute atomic E-state index is 0.343. The van der Waals surface area contributed by atoms with Crippen LogP contribution in [0.2, 0.25) is 0 Å². The summed E-state index contributed by atoms with van der Waals surface area (Å²) in [6.07, 6.45) is 2.37. The van der Waals surface area contributed by atoms with Gasteiger partial charge in [0.2, 0.25) is 0 Å². The van der Waals surface area contributed by atoms with Crippen LogP contribution in [0.1, 0.15) is 11.3 Å². The number of halogens is 1. The molecule has 20 heavy (non-hydrogen) atoms. The summed E-state index contributed by atoms with van der Waals surface area (Å²) in [4.78, 5) is 4.67. The van der Waals surface area contributed by atoms with E-state index in [1.807, 2.05) is 53.9 Å². The fourth-order valence-electron chi connectivity index (χ4n) is 2.28. The van der Waals surface area contributed by atoms with E-state index in [9.17, 15) is 0 Å². The molecule has 0 amide bonds. The fraction of sp³-hybridized carbons (Fsp3) is 0.125. The molecule has 0 spiro atoms. The first-order chi connectivity index (χ1) is 9.69. The third-order valence-corrected chi connectivity index (χ3v) is 3.76. The molecule has 3 aromatic rings. The van der Waals surface area contributed by atoms with Crippen molar-refractivity contribution in [2.75, 3.05) is 0 Å². The molecule has 0 aliphatic heterocycles. The van der Waals surface area contributed by atoms with Gasteiger partial charge in [0.25, 0.3) is 0 Å². The highest BCUT2D eigenvalue weighted by Gasteiger charge is 2.13. The van der Waals surface area contributed by atoms with Crippen molar-refractivity contribution in [2.45, 2.75) is 13.3 Å². The summed E-state index contributed by atoms with van der Waals surface area (Å²) in [6.45, 7) is 2.04. The number of aryl methyl sites for hydroxylation is 1. The highest BCUT2D eigenvalue weighted by atomic mass is 79.9. The molecule has 98 valence electrons. The van der Waals surface area contributed by atoms with Crippen LogP contribution in [0.3, 0.4) is 0 Å². The average Bonchev–Trinajstić information content (AvgIpc) is 2.79. The zero-order valence-corrected chi connectivity index (χ0v) is 12.6. The lowest BCUT2D eigenvalue weighted by atomic mass is 10.1. The smallest absolute Gasteiger partial charge is 0.137 e. The average molecular weight is 326 g/mol. The normalized spacial score (nSPS) is 10.7. The summed E-state index contributed by atoms with van der Waals surface area (Å²) in [5, 5.41) is 9.08. The lowest BCUT2D eigenvalue weighted by Gasteiger charge is -2.02. The van der Waals surface area contributed by atoms with Gasteiger partial charge in [-0.25, -0.2) is 4.98 Å². The number of hydrogen-bond acceptors (Lipinski definition) is 2. The van der Waals surface area contributed by atoms with Crippen LogP contribution in [0.5, 0.6) is 0 Å². The topological polar surface area (TPSA) is 41.1 Å². The maximum absolute atomic E-state index is 9.08. The number of imidazole rings is 1. The number of benzene rings is 1. The Balaban J connectivity index is 2.26. The number of pyridine rings is 1. The molecular weight excluding hydrogens is 314 g/mol. The molecule has 0 aliphatic rings. The Kier molecular flexibility index (Phi) is 3.29.